The molecule has 2 aromatic rings. The monoisotopic (exact) mass is 519 g/mol. The highest BCUT2D eigenvalue weighted by Gasteiger charge is 2.27. The number of carbonyl (C=O) groups is 3. The summed E-state index contributed by atoms with van der Waals surface area (Å²) in [6.07, 6.45) is 5.75. The van der Waals surface area contributed by atoms with Gasteiger partial charge in [-0.15, -0.1) is 0 Å². The number of piperazine rings is 1. The molecular formula is C30H41N5O3. The van der Waals surface area contributed by atoms with Gasteiger partial charge in [-0.2, -0.15) is 0 Å². The number of anilines is 2. The molecule has 0 bridgehead atoms. The molecule has 2 fully saturated rings. The third kappa shape index (κ3) is 7.05. The molecule has 0 atom stereocenters. The van der Waals surface area contributed by atoms with Gasteiger partial charge in [-0.3, -0.25) is 9.59 Å². The number of rotatable bonds is 7. The van der Waals surface area contributed by atoms with E-state index in [-0.39, 0.29) is 29.8 Å². The molecule has 8 nitrogen and oxygen atoms in total. The van der Waals surface area contributed by atoms with Crippen molar-refractivity contribution in [3.63, 3.8) is 0 Å². The Balaban J connectivity index is 1.48. The van der Waals surface area contributed by atoms with Crippen molar-refractivity contribution < 1.29 is 14.4 Å². The number of urea groups is 1. The van der Waals surface area contributed by atoms with Gasteiger partial charge < -0.3 is 25.3 Å². The molecule has 0 radical (unpaired) electrons. The van der Waals surface area contributed by atoms with Crippen LogP contribution in [0.25, 0.3) is 0 Å². The second kappa shape index (κ2) is 12.8. The molecule has 2 aliphatic rings. The van der Waals surface area contributed by atoms with Crippen LogP contribution in [0.4, 0.5) is 16.2 Å². The Hall–Kier alpha value is -3.55. The van der Waals surface area contributed by atoms with Crippen molar-refractivity contribution in [2.24, 2.45) is 5.92 Å². The normalized spacial score (nSPS) is 16.3. The van der Waals surface area contributed by atoms with Crippen LogP contribution in [0.1, 0.15) is 61.9 Å². The molecule has 1 saturated heterocycles. The standard InChI is InChI=1S/C30H41N5O3/c1-22(2)28(36)31-25-14-15-27(26(20-25)29(37)33(3)21-23-10-6-4-7-11-23)34-16-18-35(19-17-34)30(38)32-24-12-8-5-9-13-24/h4,6-7,10-11,14-15,20,22,24H,5,8-9,12-13,16-19,21H2,1-3H3,(H,31,36)(H,32,38). The highest BCUT2D eigenvalue weighted by Crippen LogP contribution is 2.28. The predicted molar refractivity (Wildman–Crippen MR) is 151 cm³/mol. The summed E-state index contributed by atoms with van der Waals surface area (Å²) in [7, 11) is 1.80. The Kier molecular flexibility index (Phi) is 9.26. The number of carbonyl (C=O) groups excluding carboxylic acids is 3. The number of nitrogens with zero attached hydrogens (tertiary/aromatic N) is 3. The largest absolute Gasteiger partial charge is 0.367 e. The van der Waals surface area contributed by atoms with E-state index < -0.39 is 0 Å². The van der Waals surface area contributed by atoms with Gasteiger partial charge >= 0.3 is 6.03 Å². The Morgan fingerprint density at radius 2 is 1.63 bits per heavy atom. The average Bonchev–Trinajstić information content (AvgIpc) is 2.93. The van der Waals surface area contributed by atoms with Crippen molar-refractivity contribution >= 4 is 29.2 Å². The van der Waals surface area contributed by atoms with E-state index in [0.29, 0.717) is 44.0 Å². The van der Waals surface area contributed by atoms with Crippen molar-refractivity contribution in [3.05, 3.63) is 59.7 Å². The minimum atomic E-state index is -0.164. The molecule has 1 aliphatic carbocycles. The molecule has 2 N–H and O–H groups in total. The first kappa shape index (κ1) is 27.5. The van der Waals surface area contributed by atoms with Crippen LogP contribution in [0.5, 0.6) is 0 Å². The van der Waals surface area contributed by atoms with Gasteiger partial charge in [0.1, 0.15) is 0 Å². The van der Waals surface area contributed by atoms with E-state index in [0.717, 1.165) is 24.1 Å². The van der Waals surface area contributed by atoms with Crippen molar-refractivity contribution in [2.75, 3.05) is 43.4 Å². The molecule has 0 spiro atoms. The third-order valence-corrected chi connectivity index (χ3v) is 7.47. The summed E-state index contributed by atoms with van der Waals surface area (Å²) in [5, 5.41) is 6.14. The number of amides is 4. The van der Waals surface area contributed by atoms with Crippen molar-refractivity contribution in [2.45, 2.75) is 58.5 Å². The van der Waals surface area contributed by atoms with E-state index in [2.05, 4.69) is 15.5 Å². The van der Waals surface area contributed by atoms with E-state index in [1.54, 1.807) is 18.0 Å². The lowest BCUT2D eigenvalue weighted by Crippen LogP contribution is -2.54. The lowest BCUT2D eigenvalue weighted by atomic mass is 9.96. The molecule has 8 heteroatoms. The van der Waals surface area contributed by atoms with E-state index >= 15 is 0 Å². The summed E-state index contributed by atoms with van der Waals surface area (Å²) in [5.41, 5.74) is 3.02. The molecular weight excluding hydrogens is 478 g/mol. The SMILES string of the molecule is CC(C)C(=O)Nc1ccc(N2CCN(C(=O)NC3CCCCC3)CC2)c(C(=O)N(C)Cc2ccccc2)c1. The summed E-state index contributed by atoms with van der Waals surface area (Å²) >= 11 is 0. The van der Waals surface area contributed by atoms with Gasteiger partial charge in [0.2, 0.25) is 5.91 Å². The molecule has 4 amide bonds. The highest BCUT2D eigenvalue weighted by molar-refractivity contribution is 6.02. The summed E-state index contributed by atoms with van der Waals surface area (Å²) in [6.45, 7) is 6.63. The number of hydrogen-bond donors (Lipinski definition) is 2. The predicted octanol–water partition coefficient (Wildman–Crippen LogP) is 4.72. The molecule has 38 heavy (non-hydrogen) atoms. The fourth-order valence-corrected chi connectivity index (χ4v) is 5.15. The van der Waals surface area contributed by atoms with E-state index in [9.17, 15) is 14.4 Å². The summed E-state index contributed by atoms with van der Waals surface area (Å²) in [4.78, 5) is 44.6. The molecule has 2 aromatic carbocycles. The highest BCUT2D eigenvalue weighted by atomic mass is 16.2. The lowest BCUT2D eigenvalue weighted by Gasteiger charge is -2.38. The van der Waals surface area contributed by atoms with Crippen LogP contribution < -0.4 is 15.5 Å². The number of benzene rings is 2. The van der Waals surface area contributed by atoms with Crippen LogP contribution in [-0.4, -0.2) is 66.9 Å². The molecule has 0 unspecified atom stereocenters. The minimum absolute atomic E-state index is 0.0159. The lowest BCUT2D eigenvalue weighted by molar-refractivity contribution is -0.118. The van der Waals surface area contributed by atoms with Crippen LogP contribution in [0, 0.1) is 5.92 Å². The third-order valence-electron chi connectivity index (χ3n) is 7.47. The Labute approximate surface area is 226 Å². The molecule has 204 valence electrons. The topological polar surface area (TPSA) is 85.0 Å². The Morgan fingerprint density at radius 1 is 0.947 bits per heavy atom. The van der Waals surface area contributed by atoms with Gasteiger partial charge in [0.25, 0.3) is 5.91 Å². The smallest absolute Gasteiger partial charge is 0.317 e. The van der Waals surface area contributed by atoms with Crippen molar-refractivity contribution in [3.8, 4) is 0 Å². The first-order chi connectivity index (χ1) is 18.3. The van der Waals surface area contributed by atoms with E-state index in [4.69, 9.17) is 0 Å². The molecule has 0 aromatic heterocycles. The fourth-order valence-electron chi connectivity index (χ4n) is 5.15. The summed E-state index contributed by atoms with van der Waals surface area (Å²) in [6, 6.07) is 15.7. The van der Waals surface area contributed by atoms with Gasteiger partial charge in [-0.1, -0.05) is 63.4 Å². The maximum atomic E-state index is 13.7. The summed E-state index contributed by atoms with van der Waals surface area (Å²) in [5.74, 6) is -0.365. The Morgan fingerprint density at radius 3 is 2.29 bits per heavy atom. The minimum Gasteiger partial charge on any atom is -0.367 e. The van der Waals surface area contributed by atoms with Gasteiger partial charge in [-0.05, 0) is 36.6 Å². The average molecular weight is 520 g/mol. The Bertz CT molecular complexity index is 1110. The van der Waals surface area contributed by atoms with Crippen LogP contribution in [-0.2, 0) is 11.3 Å². The maximum absolute atomic E-state index is 13.7. The van der Waals surface area contributed by atoms with Gasteiger partial charge in [0.05, 0.1) is 5.56 Å². The van der Waals surface area contributed by atoms with E-state index in [1.807, 2.05) is 61.2 Å². The first-order valence-electron chi connectivity index (χ1n) is 13.9. The zero-order valence-electron chi connectivity index (χ0n) is 22.9. The quantitative estimate of drug-likeness (QED) is 0.555. The fraction of sp³-hybridized carbons (Fsp3) is 0.500. The second-order valence-corrected chi connectivity index (χ2v) is 10.8. The molecule has 4 rings (SSSR count). The first-order valence-corrected chi connectivity index (χ1v) is 13.9. The van der Waals surface area contributed by atoms with Crippen LogP contribution in [0.3, 0.4) is 0 Å². The molecule has 1 heterocycles. The molecule has 1 aliphatic heterocycles. The molecule has 1 saturated carbocycles. The van der Waals surface area contributed by atoms with Crippen molar-refractivity contribution in [1.82, 2.24) is 15.1 Å². The van der Waals surface area contributed by atoms with Crippen LogP contribution in [0.15, 0.2) is 48.5 Å². The van der Waals surface area contributed by atoms with Crippen LogP contribution >= 0.6 is 0 Å². The summed E-state index contributed by atoms with van der Waals surface area (Å²) < 4.78 is 0. The second-order valence-electron chi connectivity index (χ2n) is 10.8. The van der Waals surface area contributed by atoms with Crippen molar-refractivity contribution in [1.29, 1.82) is 0 Å². The number of nitrogens with one attached hydrogen (secondary N) is 2. The van der Waals surface area contributed by atoms with Gasteiger partial charge in [-0.25, -0.2) is 4.79 Å². The van der Waals surface area contributed by atoms with Gasteiger partial charge in [0, 0.05) is 63.1 Å². The number of hydrogen-bond acceptors (Lipinski definition) is 4. The zero-order chi connectivity index (χ0) is 27.1. The van der Waals surface area contributed by atoms with Crippen LogP contribution in [0.2, 0.25) is 0 Å². The maximum Gasteiger partial charge on any atom is 0.317 e. The zero-order valence-corrected chi connectivity index (χ0v) is 22.9. The van der Waals surface area contributed by atoms with Gasteiger partial charge in [0.15, 0.2) is 0 Å². The van der Waals surface area contributed by atoms with E-state index in [1.165, 1.54) is 19.3 Å².